The number of nitrogens with one attached hydrogen (secondary N) is 2. The molecule has 0 radical (unpaired) electrons. The van der Waals surface area contributed by atoms with E-state index in [2.05, 4.69) is 31.0 Å². The molecule has 0 spiro atoms. The van der Waals surface area contributed by atoms with Crippen molar-refractivity contribution in [3.63, 3.8) is 0 Å². The van der Waals surface area contributed by atoms with E-state index in [-0.39, 0.29) is 0 Å². The molecule has 7 nitrogen and oxygen atoms in total. The highest BCUT2D eigenvalue weighted by molar-refractivity contribution is 5.83. The third kappa shape index (κ3) is 4.65. The van der Waals surface area contributed by atoms with Crippen LogP contribution < -0.4 is 10.9 Å². The van der Waals surface area contributed by atoms with Gasteiger partial charge in [-0.2, -0.15) is 10.2 Å². The van der Waals surface area contributed by atoms with Gasteiger partial charge in [0.25, 0.3) is 0 Å². The number of hydrogen-bond acceptors (Lipinski definition) is 5. The zero-order valence-electron chi connectivity index (χ0n) is 10.5. The Bertz CT molecular complexity index is 543. The van der Waals surface area contributed by atoms with Gasteiger partial charge in [0.15, 0.2) is 0 Å². The molecule has 100 valence electrons. The van der Waals surface area contributed by atoms with Gasteiger partial charge in [-0.05, 0) is 35.4 Å². The molecule has 0 aliphatic carbocycles. The van der Waals surface area contributed by atoms with Crippen LogP contribution in [0.1, 0.15) is 11.1 Å². The molecule has 2 amide bonds. The van der Waals surface area contributed by atoms with Gasteiger partial charge >= 0.3 is 6.03 Å². The maximum absolute atomic E-state index is 11.3. The largest absolute Gasteiger partial charge is 0.355 e. The number of hydrogen-bond donors (Lipinski definition) is 2. The average molecular weight is 268 g/mol. The molecule has 2 aromatic heterocycles. The normalized spacial score (nSPS) is 10.8. The van der Waals surface area contributed by atoms with Crippen LogP contribution in [0, 0.1) is 0 Å². The maximum atomic E-state index is 11.3. The molecule has 0 aliphatic rings. The Morgan fingerprint density at radius 3 is 1.65 bits per heavy atom. The van der Waals surface area contributed by atoms with E-state index in [0.717, 1.165) is 11.1 Å². The van der Waals surface area contributed by atoms with E-state index in [9.17, 15) is 4.79 Å². The van der Waals surface area contributed by atoms with Crippen LogP contribution in [-0.4, -0.2) is 28.4 Å². The van der Waals surface area contributed by atoms with Crippen LogP contribution in [0.3, 0.4) is 0 Å². The molecule has 0 saturated heterocycles. The highest BCUT2D eigenvalue weighted by atomic mass is 16.2. The Labute approximate surface area is 115 Å². The number of pyridine rings is 2. The number of amides is 2. The summed E-state index contributed by atoms with van der Waals surface area (Å²) in [6, 6.07) is 6.55. The van der Waals surface area contributed by atoms with E-state index in [0.29, 0.717) is 0 Å². The summed E-state index contributed by atoms with van der Waals surface area (Å²) in [4.78, 5) is 19.1. The zero-order valence-corrected chi connectivity index (χ0v) is 10.5. The number of rotatable bonds is 4. The van der Waals surface area contributed by atoms with Crippen LogP contribution in [0.15, 0.2) is 59.3 Å². The minimum atomic E-state index is -0.527. The molecule has 0 aromatic carbocycles. The van der Waals surface area contributed by atoms with Gasteiger partial charge in [0.05, 0.1) is 12.4 Å². The Morgan fingerprint density at radius 1 is 0.850 bits per heavy atom. The molecule has 0 saturated carbocycles. The topological polar surface area (TPSA) is 91.6 Å². The number of hydrazone groups is 2. The van der Waals surface area contributed by atoms with Crippen LogP contribution >= 0.6 is 0 Å². The van der Waals surface area contributed by atoms with Gasteiger partial charge in [0.1, 0.15) is 0 Å². The molecule has 2 heterocycles. The van der Waals surface area contributed by atoms with E-state index in [1.165, 1.54) is 12.4 Å². The van der Waals surface area contributed by atoms with E-state index in [1.807, 2.05) is 0 Å². The predicted molar refractivity (Wildman–Crippen MR) is 75.3 cm³/mol. The quantitative estimate of drug-likeness (QED) is 0.643. The molecule has 7 heteroatoms. The SMILES string of the molecule is O=C(NN=Cc1ccncc1)N/N=C/c1ccncc1. The van der Waals surface area contributed by atoms with Crippen molar-refractivity contribution in [2.24, 2.45) is 10.2 Å². The maximum Gasteiger partial charge on any atom is 0.355 e. The standard InChI is InChI=1S/C13H12N6O/c20-13(18-16-9-11-1-5-14-6-2-11)19-17-10-12-3-7-15-8-4-12/h1-10H,(H2,18,19,20)/b16-9+,17-10?. The fourth-order valence-corrected chi connectivity index (χ4v) is 1.25. The average Bonchev–Trinajstić information content (AvgIpc) is 2.49. The van der Waals surface area contributed by atoms with Crippen molar-refractivity contribution in [3.8, 4) is 0 Å². The summed E-state index contributed by atoms with van der Waals surface area (Å²) in [5.41, 5.74) is 6.25. The van der Waals surface area contributed by atoms with E-state index in [1.54, 1.807) is 49.1 Å². The third-order valence-electron chi connectivity index (χ3n) is 2.17. The second-order valence-electron chi connectivity index (χ2n) is 3.63. The first-order chi connectivity index (χ1) is 9.84. The lowest BCUT2D eigenvalue weighted by Gasteiger charge is -1.97. The monoisotopic (exact) mass is 268 g/mol. The second kappa shape index (κ2) is 7.37. The first-order valence-corrected chi connectivity index (χ1v) is 5.77. The summed E-state index contributed by atoms with van der Waals surface area (Å²) in [6.07, 6.45) is 9.57. The molecule has 20 heavy (non-hydrogen) atoms. The lowest BCUT2D eigenvalue weighted by Crippen LogP contribution is -2.28. The minimum Gasteiger partial charge on any atom is -0.265 e. The Hall–Kier alpha value is -3.09. The van der Waals surface area contributed by atoms with Gasteiger partial charge in [-0.3, -0.25) is 9.97 Å². The summed E-state index contributed by atoms with van der Waals surface area (Å²) in [6.45, 7) is 0. The van der Waals surface area contributed by atoms with Crippen LogP contribution in [0.2, 0.25) is 0 Å². The molecule has 0 bridgehead atoms. The molecule has 0 atom stereocenters. The number of nitrogens with zero attached hydrogens (tertiary/aromatic N) is 4. The fourth-order valence-electron chi connectivity index (χ4n) is 1.25. The lowest BCUT2D eigenvalue weighted by molar-refractivity contribution is 0.242. The Balaban J connectivity index is 1.76. The van der Waals surface area contributed by atoms with Crippen molar-refractivity contribution in [1.29, 1.82) is 0 Å². The zero-order chi connectivity index (χ0) is 14.0. The number of carbonyl (C=O) groups excluding carboxylic acids is 1. The van der Waals surface area contributed by atoms with Crippen molar-refractivity contribution >= 4 is 18.5 Å². The first kappa shape index (κ1) is 13.3. The fraction of sp³-hybridized carbons (Fsp3) is 0. The van der Waals surface area contributed by atoms with Crippen LogP contribution in [-0.2, 0) is 0 Å². The van der Waals surface area contributed by atoms with E-state index >= 15 is 0 Å². The summed E-state index contributed by atoms with van der Waals surface area (Å²) >= 11 is 0. The van der Waals surface area contributed by atoms with E-state index < -0.39 is 6.03 Å². The third-order valence-corrected chi connectivity index (χ3v) is 2.17. The van der Waals surface area contributed by atoms with Gasteiger partial charge in [-0.15, -0.1) is 0 Å². The molecule has 0 fully saturated rings. The Morgan fingerprint density at radius 2 is 1.25 bits per heavy atom. The lowest BCUT2D eigenvalue weighted by atomic mass is 10.3. The van der Waals surface area contributed by atoms with Crippen molar-refractivity contribution in [2.75, 3.05) is 0 Å². The predicted octanol–water partition coefficient (Wildman–Crippen LogP) is 1.14. The molecule has 0 unspecified atom stereocenters. The number of urea groups is 1. The first-order valence-electron chi connectivity index (χ1n) is 5.77. The van der Waals surface area contributed by atoms with Gasteiger partial charge in [-0.1, -0.05) is 0 Å². The molecule has 0 aliphatic heterocycles. The summed E-state index contributed by atoms with van der Waals surface area (Å²) in [7, 11) is 0. The molecular weight excluding hydrogens is 256 g/mol. The van der Waals surface area contributed by atoms with E-state index in [4.69, 9.17) is 0 Å². The summed E-state index contributed by atoms with van der Waals surface area (Å²) in [5, 5.41) is 7.54. The van der Waals surface area contributed by atoms with Crippen molar-refractivity contribution in [1.82, 2.24) is 20.8 Å². The smallest absolute Gasteiger partial charge is 0.265 e. The molecule has 2 rings (SSSR count). The van der Waals surface area contributed by atoms with Crippen LogP contribution in [0.5, 0.6) is 0 Å². The van der Waals surface area contributed by atoms with Gasteiger partial charge < -0.3 is 0 Å². The highest BCUT2D eigenvalue weighted by Crippen LogP contribution is 1.91. The second-order valence-corrected chi connectivity index (χ2v) is 3.63. The molecule has 2 N–H and O–H groups in total. The van der Waals surface area contributed by atoms with Crippen molar-refractivity contribution in [2.45, 2.75) is 0 Å². The Kier molecular flexibility index (Phi) is 4.92. The molecule has 2 aromatic rings. The molecular formula is C13H12N6O. The summed E-state index contributed by atoms with van der Waals surface area (Å²) in [5.74, 6) is 0. The van der Waals surface area contributed by atoms with Crippen LogP contribution in [0.25, 0.3) is 0 Å². The minimum absolute atomic E-state index is 0.527. The van der Waals surface area contributed by atoms with Gasteiger partial charge in [0.2, 0.25) is 0 Å². The van der Waals surface area contributed by atoms with Crippen molar-refractivity contribution < 1.29 is 4.79 Å². The number of aromatic nitrogens is 2. The number of carbonyl (C=O) groups is 1. The van der Waals surface area contributed by atoms with Crippen molar-refractivity contribution in [3.05, 3.63) is 60.2 Å². The van der Waals surface area contributed by atoms with Gasteiger partial charge in [0, 0.05) is 24.8 Å². The van der Waals surface area contributed by atoms with Gasteiger partial charge in [-0.25, -0.2) is 15.6 Å². The highest BCUT2D eigenvalue weighted by Gasteiger charge is 1.93. The summed E-state index contributed by atoms with van der Waals surface area (Å²) < 4.78 is 0. The van der Waals surface area contributed by atoms with Crippen LogP contribution in [0.4, 0.5) is 4.79 Å².